The molecule has 28 heavy (non-hydrogen) atoms. The fourth-order valence-electron chi connectivity index (χ4n) is 4.28. The summed E-state index contributed by atoms with van der Waals surface area (Å²) in [5, 5.41) is 20.8. The van der Waals surface area contributed by atoms with Crippen LogP contribution in [0.5, 0.6) is 0 Å². The standard InChI is InChI=1S/C23H29NO3.ClH/c1-24(2)16-21(23(27)14-6-3-7-15-23)18-12-10-17(11-13-18)19-8-4-5-9-20(19)22(25)26;/h4-5,8-13,21,27H,3,6-7,14-16H2,1-2H3,(H,25,26);1H. The summed E-state index contributed by atoms with van der Waals surface area (Å²) in [6, 6.07) is 15.1. The number of carboxylic acids is 1. The predicted molar refractivity (Wildman–Crippen MR) is 115 cm³/mol. The van der Waals surface area contributed by atoms with Crippen molar-refractivity contribution in [2.75, 3.05) is 20.6 Å². The fraction of sp³-hybridized carbons (Fsp3) is 0.435. The molecule has 3 rings (SSSR count). The third-order valence-electron chi connectivity index (χ3n) is 5.70. The maximum Gasteiger partial charge on any atom is 0.336 e. The maximum atomic E-state index is 11.5. The average molecular weight is 404 g/mol. The minimum atomic E-state index is -0.920. The molecule has 152 valence electrons. The van der Waals surface area contributed by atoms with Gasteiger partial charge in [-0.1, -0.05) is 61.7 Å². The number of likely N-dealkylation sites (N-methyl/N-ethyl adjacent to an activating group) is 1. The minimum absolute atomic E-state index is 0. The Hall–Kier alpha value is -1.88. The average Bonchev–Trinajstić information content (AvgIpc) is 2.66. The number of carbonyl (C=O) groups is 1. The fourth-order valence-corrected chi connectivity index (χ4v) is 4.28. The predicted octanol–water partition coefficient (Wildman–Crippen LogP) is 4.81. The van der Waals surface area contributed by atoms with Crippen LogP contribution in [0.4, 0.5) is 0 Å². The van der Waals surface area contributed by atoms with E-state index in [1.54, 1.807) is 12.1 Å². The van der Waals surface area contributed by atoms with Crippen molar-refractivity contribution in [2.45, 2.75) is 43.6 Å². The molecule has 0 aromatic heterocycles. The van der Waals surface area contributed by atoms with Crippen LogP contribution in [0, 0.1) is 0 Å². The highest BCUT2D eigenvalue weighted by molar-refractivity contribution is 5.96. The van der Waals surface area contributed by atoms with E-state index < -0.39 is 11.6 Å². The largest absolute Gasteiger partial charge is 0.478 e. The first kappa shape index (κ1) is 22.4. The molecule has 1 unspecified atom stereocenters. The lowest BCUT2D eigenvalue weighted by Gasteiger charge is -2.41. The van der Waals surface area contributed by atoms with E-state index >= 15 is 0 Å². The smallest absolute Gasteiger partial charge is 0.336 e. The lowest BCUT2D eigenvalue weighted by molar-refractivity contribution is -0.0277. The zero-order chi connectivity index (χ0) is 19.4. The molecule has 1 aliphatic carbocycles. The number of hydrogen-bond donors (Lipinski definition) is 2. The number of carboxylic acid groups (broad SMARTS) is 1. The summed E-state index contributed by atoms with van der Waals surface area (Å²) in [5.74, 6) is -0.867. The van der Waals surface area contributed by atoms with Crippen LogP contribution in [-0.4, -0.2) is 47.3 Å². The van der Waals surface area contributed by atoms with Gasteiger partial charge in [-0.25, -0.2) is 4.79 Å². The molecule has 0 radical (unpaired) electrons. The van der Waals surface area contributed by atoms with Gasteiger partial charge in [0.1, 0.15) is 0 Å². The Morgan fingerprint density at radius 3 is 2.21 bits per heavy atom. The molecule has 2 aromatic rings. The molecule has 0 amide bonds. The van der Waals surface area contributed by atoms with Crippen LogP contribution < -0.4 is 0 Å². The topological polar surface area (TPSA) is 60.8 Å². The van der Waals surface area contributed by atoms with Crippen LogP contribution in [0.25, 0.3) is 11.1 Å². The van der Waals surface area contributed by atoms with E-state index in [4.69, 9.17) is 0 Å². The van der Waals surface area contributed by atoms with Gasteiger partial charge in [0, 0.05) is 12.5 Å². The van der Waals surface area contributed by atoms with E-state index in [-0.39, 0.29) is 18.3 Å². The monoisotopic (exact) mass is 403 g/mol. The number of nitrogens with zero attached hydrogens (tertiary/aromatic N) is 1. The second kappa shape index (κ2) is 9.55. The SMILES string of the molecule is CN(C)CC(c1ccc(-c2ccccc2C(=O)O)cc1)C1(O)CCCCC1.Cl. The maximum absolute atomic E-state index is 11.5. The zero-order valence-corrected chi connectivity index (χ0v) is 17.4. The molecule has 2 N–H and O–H groups in total. The Labute approximate surface area is 173 Å². The number of hydrogen-bond acceptors (Lipinski definition) is 3. The number of aromatic carboxylic acids is 1. The van der Waals surface area contributed by atoms with Gasteiger partial charge in [-0.05, 0) is 49.7 Å². The molecule has 1 saturated carbocycles. The summed E-state index contributed by atoms with van der Waals surface area (Å²) < 4.78 is 0. The lowest BCUT2D eigenvalue weighted by atomic mass is 9.72. The van der Waals surface area contributed by atoms with E-state index in [2.05, 4.69) is 17.0 Å². The minimum Gasteiger partial charge on any atom is -0.478 e. The van der Waals surface area contributed by atoms with E-state index in [0.29, 0.717) is 5.56 Å². The number of benzene rings is 2. The van der Waals surface area contributed by atoms with Gasteiger partial charge in [0.05, 0.1) is 11.2 Å². The van der Waals surface area contributed by atoms with Crippen LogP contribution in [-0.2, 0) is 0 Å². The Kier molecular flexibility index (Phi) is 7.64. The summed E-state index contributed by atoms with van der Waals surface area (Å²) in [7, 11) is 4.08. The van der Waals surface area contributed by atoms with Gasteiger partial charge in [-0.3, -0.25) is 0 Å². The Morgan fingerprint density at radius 2 is 1.64 bits per heavy atom. The molecule has 4 nitrogen and oxygen atoms in total. The normalized spacial score (nSPS) is 17.0. The number of rotatable bonds is 6. The molecular weight excluding hydrogens is 374 g/mol. The quantitative estimate of drug-likeness (QED) is 0.726. The molecular formula is C23H30ClNO3. The van der Waals surface area contributed by atoms with Gasteiger partial charge in [0.2, 0.25) is 0 Å². The Morgan fingerprint density at radius 1 is 1.04 bits per heavy atom. The van der Waals surface area contributed by atoms with Crippen LogP contribution in [0.3, 0.4) is 0 Å². The first-order chi connectivity index (χ1) is 12.9. The molecule has 0 bridgehead atoms. The zero-order valence-electron chi connectivity index (χ0n) is 16.6. The second-order valence-corrected chi connectivity index (χ2v) is 7.95. The molecule has 0 saturated heterocycles. The molecule has 0 aliphatic heterocycles. The summed E-state index contributed by atoms with van der Waals surface area (Å²) in [5.41, 5.74) is 2.36. The van der Waals surface area contributed by atoms with Crippen LogP contribution in [0.15, 0.2) is 48.5 Å². The summed E-state index contributed by atoms with van der Waals surface area (Å²) >= 11 is 0. The number of aliphatic hydroxyl groups is 1. The lowest BCUT2D eigenvalue weighted by Crippen LogP contribution is -2.42. The van der Waals surface area contributed by atoms with Crippen molar-refractivity contribution in [3.05, 3.63) is 59.7 Å². The van der Waals surface area contributed by atoms with E-state index in [0.717, 1.165) is 48.9 Å². The van der Waals surface area contributed by atoms with Crippen molar-refractivity contribution in [2.24, 2.45) is 0 Å². The first-order valence-electron chi connectivity index (χ1n) is 9.70. The highest BCUT2D eigenvalue weighted by atomic mass is 35.5. The molecule has 1 atom stereocenters. The van der Waals surface area contributed by atoms with Crippen molar-refractivity contribution in [3.8, 4) is 11.1 Å². The van der Waals surface area contributed by atoms with Gasteiger partial charge in [0.25, 0.3) is 0 Å². The summed E-state index contributed by atoms with van der Waals surface area (Å²) in [6.45, 7) is 0.793. The highest BCUT2D eigenvalue weighted by Crippen LogP contribution is 2.40. The van der Waals surface area contributed by atoms with E-state index in [1.165, 1.54) is 6.42 Å². The van der Waals surface area contributed by atoms with Gasteiger partial charge < -0.3 is 15.1 Å². The van der Waals surface area contributed by atoms with Crippen LogP contribution in [0.1, 0.15) is 53.9 Å². The van der Waals surface area contributed by atoms with Crippen molar-refractivity contribution in [3.63, 3.8) is 0 Å². The molecule has 2 aromatic carbocycles. The van der Waals surface area contributed by atoms with Crippen LogP contribution >= 0.6 is 12.4 Å². The first-order valence-corrected chi connectivity index (χ1v) is 9.70. The van der Waals surface area contributed by atoms with Crippen molar-refractivity contribution in [1.82, 2.24) is 4.90 Å². The third kappa shape index (κ3) is 4.93. The van der Waals surface area contributed by atoms with Gasteiger partial charge in [-0.2, -0.15) is 0 Å². The van der Waals surface area contributed by atoms with Gasteiger partial charge in [0.15, 0.2) is 0 Å². The Bertz CT molecular complexity index is 783. The molecule has 1 fully saturated rings. The van der Waals surface area contributed by atoms with Crippen LogP contribution in [0.2, 0.25) is 0 Å². The van der Waals surface area contributed by atoms with Gasteiger partial charge in [-0.15, -0.1) is 12.4 Å². The summed E-state index contributed by atoms with van der Waals surface area (Å²) in [6.07, 6.45) is 5.03. The number of halogens is 1. The molecule has 0 spiro atoms. The van der Waals surface area contributed by atoms with Crippen molar-refractivity contribution in [1.29, 1.82) is 0 Å². The highest BCUT2D eigenvalue weighted by Gasteiger charge is 2.38. The van der Waals surface area contributed by atoms with E-state index in [1.807, 2.05) is 38.4 Å². The third-order valence-corrected chi connectivity index (χ3v) is 5.70. The Balaban J connectivity index is 0.00000280. The van der Waals surface area contributed by atoms with Gasteiger partial charge >= 0.3 is 5.97 Å². The van der Waals surface area contributed by atoms with Crippen molar-refractivity contribution < 1.29 is 15.0 Å². The molecule has 1 aliphatic rings. The van der Waals surface area contributed by atoms with Crippen molar-refractivity contribution >= 4 is 18.4 Å². The molecule has 5 heteroatoms. The second-order valence-electron chi connectivity index (χ2n) is 7.95. The summed E-state index contributed by atoms with van der Waals surface area (Å²) in [4.78, 5) is 13.6. The molecule has 0 heterocycles. The van der Waals surface area contributed by atoms with E-state index in [9.17, 15) is 15.0 Å².